The Bertz CT molecular complexity index is 473. The van der Waals surface area contributed by atoms with Crippen molar-refractivity contribution in [3.63, 3.8) is 0 Å². The van der Waals surface area contributed by atoms with E-state index in [1.54, 1.807) is 0 Å². The van der Waals surface area contributed by atoms with E-state index in [9.17, 15) is 9.59 Å². The summed E-state index contributed by atoms with van der Waals surface area (Å²) in [4.78, 5) is 24.7. The van der Waals surface area contributed by atoms with Gasteiger partial charge in [0.15, 0.2) is 0 Å². The second kappa shape index (κ2) is 22.7. The summed E-state index contributed by atoms with van der Waals surface area (Å²) in [5.41, 5.74) is 0. The van der Waals surface area contributed by atoms with Crippen LogP contribution in [0.25, 0.3) is 0 Å². The number of hydrogen-bond acceptors (Lipinski definition) is 4. The van der Waals surface area contributed by atoms with Gasteiger partial charge in [-0.2, -0.15) is 0 Å². The second-order valence-corrected chi connectivity index (χ2v) is 13.7. The normalized spacial score (nSPS) is 11.8. The van der Waals surface area contributed by atoms with Gasteiger partial charge in [0.25, 0.3) is 8.32 Å². The smallest absolute Gasteiger partial charge is 0.331 e. The van der Waals surface area contributed by atoms with Gasteiger partial charge in [0.05, 0.1) is 6.61 Å². The van der Waals surface area contributed by atoms with Crippen LogP contribution in [0.15, 0.2) is 12.2 Å². The van der Waals surface area contributed by atoms with Gasteiger partial charge in [-0.05, 0) is 24.6 Å². The van der Waals surface area contributed by atoms with Crippen LogP contribution in [-0.4, -0.2) is 26.9 Å². The summed E-state index contributed by atoms with van der Waals surface area (Å²) in [5.74, 6) is -0.782. The summed E-state index contributed by atoms with van der Waals surface area (Å²) in [7, 11) is -2.17. The molecular formula is C28H54O4Si. The van der Waals surface area contributed by atoms with E-state index in [1.165, 1.54) is 69.9 Å². The first-order valence-electron chi connectivity index (χ1n) is 14.1. The predicted octanol–water partition coefficient (Wildman–Crippen LogP) is 8.90. The number of ether oxygens (including phenoxy) is 1. The topological polar surface area (TPSA) is 52.6 Å². The summed E-state index contributed by atoms with van der Waals surface area (Å²) < 4.78 is 11.5. The molecule has 0 spiro atoms. The summed E-state index contributed by atoms with van der Waals surface area (Å²) >= 11 is 0. The number of carbonyl (C=O) groups is 2. The fourth-order valence-corrected chi connectivity index (χ4v) is 8.52. The van der Waals surface area contributed by atoms with Crippen LogP contribution in [0.4, 0.5) is 0 Å². The van der Waals surface area contributed by atoms with E-state index >= 15 is 0 Å². The maximum absolute atomic E-state index is 12.8. The average molecular weight is 483 g/mol. The summed E-state index contributed by atoms with van der Waals surface area (Å²) in [5, 5.41) is 0. The molecule has 0 aliphatic rings. The van der Waals surface area contributed by atoms with Gasteiger partial charge in [-0.15, -0.1) is 0 Å². The monoisotopic (exact) mass is 482 g/mol. The minimum Gasteiger partial charge on any atom is -0.516 e. The van der Waals surface area contributed by atoms with Crippen molar-refractivity contribution in [3.05, 3.63) is 12.2 Å². The third-order valence-electron chi connectivity index (χ3n) is 6.37. The second-order valence-electron chi connectivity index (χ2n) is 9.60. The van der Waals surface area contributed by atoms with Crippen LogP contribution in [-0.2, 0) is 18.8 Å². The molecule has 194 valence electrons. The van der Waals surface area contributed by atoms with E-state index in [0.29, 0.717) is 6.61 Å². The highest BCUT2D eigenvalue weighted by molar-refractivity contribution is 6.75. The van der Waals surface area contributed by atoms with E-state index < -0.39 is 14.3 Å². The highest BCUT2D eigenvalue weighted by atomic mass is 28.4. The molecule has 0 radical (unpaired) electrons. The molecule has 0 aliphatic heterocycles. The molecule has 0 amide bonds. The number of rotatable bonds is 23. The van der Waals surface area contributed by atoms with Crippen LogP contribution in [0.1, 0.15) is 130 Å². The van der Waals surface area contributed by atoms with Crippen LogP contribution in [0.3, 0.4) is 0 Å². The minimum atomic E-state index is -2.17. The van der Waals surface area contributed by atoms with Gasteiger partial charge in [-0.1, -0.05) is 124 Å². The van der Waals surface area contributed by atoms with Crippen molar-refractivity contribution in [3.8, 4) is 0 Å². The minimum absolute atomic E-state index is 0.342. The lowest BCUT2D eigenvalue weighted by atomic mass is 10.2. The summed E-state index contributed by atoms with van der Waals surface area (Å²) in [6, 6.07) is 3.19. The molecule has 0 rings (SSSR count). The summed E-state index contributed by atoms with van der Waals surface area (Å²) in [6.45, 7) is 9.26. The average Bonchev–Trinajstić information content (AvgIpc) is 2.81. The highest BCUT2D eigenvalue weighted by Crippen LogP contribution is 2.31. The van der Waals surface area contributed by atoms with Crippen molar-refractivity contribution in [2.75, 3.05) is 6.61 Å². The van der Waals surface area contributed by atoms with Crippen molar-refractivity contribution in [1.29, 1.82) is 0 Å². The van der Waals surface area contributed by atoms with Crippen LogP contribution < -0.4 is 0 Å². The maximum Gasteiger partial charge on any atom is 0.331 e. The Hall–Kier alpha value is -1.10. The molecule has 0 aliphatic carbocycles. The van der Waals surface area contributed by atoms with Gasteiger partial charge < -0.3 is 9.16 Å². The van der Waals surface area contributed by atoms with Crippen LogP contribution in [0.2, 0.25) is 18.1 Å². The van der Waals surface area contributed by atoms with E-state index in [1.807, 2.05) is 0 Å². The Kier molecular flexibility index (Phi) is 21.9. The van der Waals surface area contributed by atoms with Gasteiger partial charge in [0.2, 0.25) is 0 Å². The molecule has 0 aromatic carbocycles. The molecule has 0 aromatic heterocycles. The Balaban J connectivity index is 5.01. The van der Waals surface area contributed by atoms with Gasteiger partial charge in [-0.3, -0.25) is 0 Å². The Morgan fingerprint density at radius 3 is 1.36 bits per heavy atom. The molecule has 0 saturated carbocycles. The van der Waals surface area contributed by atoms with Crippen LogP contribution in [0, 0.1) is 0 Å². The van der Waals surface area contributed by atoms with Gasteiger partial charge in [0.1, 0.15) is 0 Å². The third-order valence-corrected chi connectivity index (χ3v) is 10.8. The Morgan fingerprint density at radius 2 is 0.939 bits per heavy atom. The van der Waals surface area contributed by atoms with Crippen molar-refractivity contribution in [1.82, 2.24) is 0 Å². The molecule has 4 nitrogen and oxygen atoms in total. The van der Waals surface area contributed by atoms with Crippen LogP contribution in [0.5, 0.6) is 0 Å². The SMILES string of the molecule is CCCCCCOC(=O)C=CC(=O)O[Si](CCCCCC)(CCCCCC)CCCCCC. The lowest BCUT2D eigenvalue weighted by Gasteiger charge is -2.31. The molecule has 33 heavy (non-hydrogen) atoms. The molecule has 0 saturated heterocycles. The largest absolute Gasteiger partial charge is 0.516 e. The van der Waals surface area contributed by atoms with E-state index in [4.69, 9.17) is 9.16 Å². The number of carbonyl (C=O) groups excluding carboxylic acids is 2. The molecule has 0 aromatic rings. The van der Waals surface area contributed by atoms with E-state index in [-0.39, 0.29) is 5.97 Å². The highest BCUT2D eigenvalue weighted by Gasteiger charge is 2.36. The number of unbranched alkanes of at least 4 members (excludes halogenated alkanes) is 12. The first-order chi connectivity index (χ1) is 16.0. The van der Waals surface area contributed by atoms with Gasteiger partial charge in [0, 0.05) is 12.2 Å². The van der Waals surface area contributed by atoms with Crippen molar-refractivity contribution < 1.29 is 18.8 Å². The van der Waals surface area contributed by atoms with E-state index in [2.05, 4.69) is 27.7 Å². The van der Waals surface area contributed by atoms with Gasteiger partial charge >= 0.3 is 11.9 Å². The molecule has 0 unspecified atom stereocenters. The molecule has 5 heteroatoms. The van der Waals surface area contributed by atoms with Crippen molar-refractivity contribution in [2.45, 2.75) is 149 Å². The first kappa shape index (κ1) is 31.9. The fraction of sp³-hybridized carbons (Fsp3) is 0.857. The Morgan fingerprint density at radius 1 is 0.545 bits per heavy atom. The molecule has 0 N–H and O–H groups in total. The standard InChI is InChI=1S/C28H54O4Si/c1-5-9-13-17-23-31-27(29)21-22-28(30)32-33(24-18-14-10-6-2,25-19-15-11-7-3)26-20-16-12-8-4/h21-22H,5-20,23-26H2,1-4H3. The fourth-order valence-electron chi connectivity index (χ4n) is 4.28. The zero-order chi connectivity index (χ0) is 24.6. The molecule has 0 bridgehead atoms. The quantitative estimate of drug-likeness (QED) is 0.0631. The zero-order valence-electron chi connectivity index (χ0n) is 22.4. The molecule has 0 heterocycles. The number of esters is 1. The predicted molar refractivity (Wildman–Crippen MR) is 143 cm³/mol. The van der Waals surface area contributed by atoms with Crippen molar-refractivity contribution in [2.24, 2.45) is 0 Å². The number of hydrogen-bond donors (Lipinski definition) is 0. The Labute approximate surface area is 206 Å². The third kappa shape index (κ3) is 19.0. The molecular weight excluding hydrogens is 428 g/mol. The van der Waals surface area contributed by atoms with E-state index in [0.717, 1.165) is 63.1 Å². The maximum atomic E-state index is 12.8. The van der Waals surface area contributed by atoms with Crippen molar-refractivity contribution >= 4 is 20.3 Å². The summed E-state index contributed by atoms with van der Waals surface area (Å²) in [6.07, 6.45) is 21.3. The van der Waals surface area contributed by atoms with Crippen LogP contribution >= 0.6 is 0 Å². The lowest BCUT2D eigenvalue weighted by Crippen LogP contribution is -2.40. The molecule has 0 atom stereocenters. The lowest BCUT2D eigenvalue weighted by molar-refractivity contribution is -0.138. The molecule has 0 fully saturated rings. The first-order valence-corrected chi connectivity index (χ1v) is 16.6. The zero-order valence-corrected chi connectivity index (χ0v) is 23.4. The van der Waals surface area contributed by atoms with Gasteiger partial charge in [-0.25, -0.2) is 9.59 Å².